The zero-order chi connectivity index (χ0) is 18.8. The molecule has 0 bridgehead atoms. The molecule has 27 heavy (non-hydrogen) atoms. The Morgan fingerprint density at radius 3 is 2.48 bits per heavy atom. The summed E-state index contributed by atoms with van der Waals surface area (Å²) in [4.78, 5) is 28.0. The molecule has 1 N–H and O–H groups in total. The molecule has 0 radical (unpaired) electrons. The van der Waals surface area contributed by atoms with E-state index < -0.39 is 5.97 Å². The normalized spacial score (nSPS) is 16.8. The molecule has 3 aromatic carbocycles. The third-order valence-corrected chi connectivity index (χ3v) is 4.97. The third-order valence-electron chi connectivity index (χ3n) is 4.06. The van der Waals surface area contributed by atoms with E-state index in [-0.39, 0.29) is 11.5 Å². The van der Waals surface area contributed by atoms with Gasteiger partial charge in [-0.3, -0.25) is 4.79 Å². The van der Waals surface area contributed by atoms with Gasteiger partial charge in [0.05, 0.1) is 16.6 Å². The number of nitrogens with zero attached hydrogens (tertiary/aromatic N) is 1. The van der Waals surface area contributed by atoms with Gasteiger partial charge in [0.2, 0.25) is 0 Å². The van der Waals surface area contributed by atoms with Crippen LogP contribution in [0.4, 0.5) is 5.69 Å². The van der Waals surface area contributed by atoms with Gasteiger partial charge < -0.3 is 15.2 Å². The smallest absolute Gasteiger partial charge is 0.264 e. The van der Waals surface area contributed by atoms with Gasteiger partial charge in [-0.2, -0.15) is 0 Å². The Morgan fingerprint density at radius 2 is 1.74 bits per heavy atom. The van der Waals surface area contributed by atoms with Gasteiger partial charge >= 0.3 is 0 Å². The second-order valence-corrected chi connectivity index (χ2v) is 6.95. The van der Waals surface area contributed by atoms with Gasteiger partial charge in [0.1, 0.15) is 0 Å². The fourth-order valence-corrected chi connectivity index (χ4v) is 3.55. The number of amides is 1. The van der Waals surface area contributed by atoms with Gasteiger partial charge in [0, 0.05) is 0 Å². The molecule has 1 aliphatic rings. The number of carbonyl (C=O) groups excluding carboxylic acids is 2. The summed E-state index contributed by atoms with van der Waals surface area (Å²) in [6.45, 7) is 0. The molecule has 1 fully saturated rings. The minimum atomic E-state index is -1.23. The third kappa shape index (κ3) is 3.75. The lowest BCUT2D eigenvalue weighted by Crippen LogP contribution is -2.21. The Labute approximate surface area is 159 Å². The number of carboxylic acid groups (broad SMARTS) is 1. The Bertz CT molecular complexity index is 1120. The molecule has 3 aromatic rings. The number of amidine groups is 1. The number of rotatable bonds is 3. The first-order chi connectivity index (χ1) is 13.1. The van der Waals surface area contributed by atoms with Crippen molar-refractivity contribution < 1.29 is 14.7 Å². The molecule has 0 atom stereocenters. The average molecular weight is 373 g/mol. The average Bonchev–Trinajstić information content (AvgIpc) is 3.01. The molecule has 4 rings (SSSR count). The molecule has 0 aromatic heterocycles. The Hall–Kier alpha value is -3.38. The molecule has 1 saturated heterocycles. The van der Waals surface area contributed by atoms with Crippen LogP contribution in [0.3, 0.4) is 0 Å². The maximum atomic E-state index is 12.2. The number of hydrogen-bond acceptors (Lipinski definition) is 5. The Balaban J connectivity index is 1.57. The van der Waals surface area contributed by atoms with Crippen LogP contribution in [0.1, 0.15) is 15.9 Å². The molecular formula is C21H13N2O3S-. The molecule has 0 spiro atoms. The van der Waals surface area contributed by atoms with Gasteiger partial charge in [-0.25, -0.2) is 4.99 Å². The van der Waals surface area contributed by atoms with E-state index >= 15 is 0 Å². The molecule has 0 aliphatic carbocycles. The maximum Gasteiger partial charge on any atom is 0.264 e. The largest absolute Gasteiger partial charge is 0.545 e. The fourth-order valence-electron chi connectivity index (χ4n) is 2.71. The molecule has 1 heterocycles. The van der Waals surface area contributed by atoms with Crippen molar-refractivity contribution in [3.63, 3.8) is 0 Å². The highest BCUT2D eigenvalue weighted by Gasteiger charge is 2.23. The van der Waals surface area contributed by atoms with Crippen LogP contribution in [0.5, 0.6) is 0 Å². The minimum Gasteiger partial charge on any atom is -0.545 e. The molecule has 0 unspecified atom stereocenters. The number of aliphatic imine (C=N–C) groups is 1. The summed E-state index contributed by atoms with van der Waals surface area (Å²) >= 11 is 1.25. The lowest BCUT2D eigenvalue weighted by molar-refractivity contribution is -0.255. The zero-order valence-corrected chi connectivity index (χ0v) is 14.8. The zero-order valence-electron chi connectivity index (χ0n) is 14.0. The van der Waals surface area contributed by atoms with Gasteiger partial charge in [-0.05, 0) is 51.9 Å². The van der Waals surface area contributed by atoms with Crippen molar-refractivity contribution in [3.8, 4) is 0 Å². The molecule has 1 amide bonds. The number of hydrogen-bond donors (Lipinski definition) is 1. The second-order valence-electron chi connectivity index (χ2n) is 5.92. The number of nitrogens with one attached hydrogen (secondary N) is 1. The van der Waals surface area contributed by atoms with Crippen LogP contribution < -0.4 is 10.4 Å². The lowest BCUT2D eigenvalue weighted by atomic mass is 10.1. The van der Waals surface area contributed by atoms with Crippen molar-refractivity contribution >= 4 is 51.3 Å². The van der Waals surface area contributed by atoms with Crippen molar-refractivity contribution in [3.05, 3.63) is 82.8 Å². The van der Waals surface area contributed by atoms with Gasteiger partial charge in [0.15, 0.2) is 5.17 Å². The van der Waals surface area contributed by atoms with Gasteiger partial charge in [-0.1, -0.05) is 54.6 Å². The summed E-state index contributed by atoms with van der Waals surface area (Å²) in [5, 5.41) is 16.3. The van der Waals surface area contributed by atoms with Crippen LogP contribution in [0, 0.1) is 0 Å². The Kier molecular flexibility index (Phi) is 4.48. The fraction of sp³-hybridized carbons (Fsp3) is 0. The SMILES string of the molecule is O=C1NC(=Nc2ccc3ccccc3c2)S/C1=C\c1ccc(C(=O)[O-])cc1. The predicted molar refractivity (Wildman–Crippen MR) is 106 cm³/mol. The topological polar surface area (TPSA) is 81.6 Å². The van der Waals surface area contributed by atoms with Crippen LogP contribution in [0.15, 0.2) is 76.6 Å². The summed E-state index contributed by atoms with van der Waals surface area (Å²) in [5.41, 5.74) is 1.58. The van der Waals surface area contributed by atoms with E-state index in [0.717, 1.165) is 22.0 Å². The van der Waals surface area contributed by atoms with E-state index in [9.17, 15) is 14.7 Å². The number of carboxylic acids is 1. The summed E-state index contributed by atoms with van der Waals surface area (Å²) in [7, 11) is 0. The summed E-state index contributed by atoms with van der Waals surface area (Å²) in [6, 6.07) is 20.0. The lowest BCUT2D eigenvalue weighted by Gasteiger charge is -2.02. The highest BCUT2D eigenvalue weighted by Crippen LogP contribution is 2.29. The first kappa shape index (κ1) is 17.1. The maximum absolute atomic E-state index is 12.2. The van der Waals surface area contributed by atoms with Crippen LogP contribution in [-0.4, -0.2) is 17.0 Å². The van der Waals surface area contributed by atoms with E-state index in [0.29, 0.717) is 10.1 Å². The summed E-state index contributed by atoms with van der Waals surface area (Å²) in [6.07, 6.45) is 1.70. The van der Waals surface area contributed by atoms with Crippen LogP contribution in [-0.2, 0) is 4.79 Å². The molecule has 5 nitrogen and oxygen atoms in total. The van der Waals surface area contributed by atoms with E-state index in [1.54, 1.807) is 18.2 Å². The minimum absolute atomic E-state index is 0.0965. The number of carbonyl (C=O) groups is 2. The molecule has 6 heteroatoms. The van der Waals surface area contributed by atoms with E-state index in [1.165, 1.54) is 23.9 Å². The van der Waals surface area contributed by atoms with Crippen molar-refractivity contribution in [1.82, 2.24) is 5.32 Å². The van der Waals surface area contributed by atoms with E-state index in [2.05, 4.69) is 10.3 Å². The van der Waals surface area contributed by atoms with Crippen molar-refractivity contribution in [1.29, 1.82) is 0 Å². The monoisotopic (exact) mass is 373 g/mol. The molecule has 1 aliphatic heterocycles. The molecule has 0 saturated carbocycles. The highest BCUT2D eigenvalue weighted by atomic mass is 32.2. The van der Waals surface area contributed by atoms with E-state index in [4.69, 9.17) is 0 Å². The number of aromatic carboxylic acids is 1. The van der Waals surface area contributed by atoms with Crippen LogP contribution in [0.2, 0.25) is 0 Å². The number of thioether (sulfide) groups is 1. The Morgan fingerprint density at radius 1 is 1.00 bits per heavy atom. The van der Waals surface area contributed by atoms with Crippen LogP contribution >= 0.6 is 11.8 Å². The summed E-state index contributed by atoms with van der Waals surface area (Å²) < 4.78 is 0. The second kappa shape index (κ2) is 7.09. The standard InChI is InChI=1S/C21H14N2O3S/c24-19-18(11-13-5-7-15(8-6-13)20(25)26)27-21(23-19)22-17-10-9-14-3-1-2-4-16(14)12-17/h1-12H,(H,25,26)(H,22,23,24)/p-1/b18-11-. The number of fused-ring (bicyclic) bond motifs is 1. The van der Waals surface area contributed by atoms with Crippen LogP contribution in [0.25, 0.3) is 16.8 Å². The molecule has 132 valence electrons. The van der Waals surface area contributed by atoms with Gasteiger partial charge in [0.25, 0.3) is 5.91 Å². The number of benzene rings is 3. The first-order valence-electron chi connectivity index (χ1n) is 8.18. The predicted octanol–water partition coefficient (Wildman–Crippen LogP) is 3.09. The first-order valence-corrected chi connectivity index (χ1v) is 9.00. The van der Waals surface area contributed by atoms with Crippen molar-refractivity contribution in [2.45, 2.75) is 0 Å². The van der Waals surface area contributed by atoms with Crippen molar-refractivity contribution in [2.24, 2.45) is 4.99 Å². The van der Waals surface area contributed by atoms with Crippen molar-refractivity contribution in [2.75, 3.05) is 0 Å². The summed E-state index contributed by atoms with van der Waals surface area (Å²) in [5.74, 6) is -1.46. The highest BCUT2D eigenvalue weighted by molar-refractivity contribution is 8.18. The van der Waals surface area contributed by atoms with Gasteiger partial charge in [-0.15, -0.1) is 0 Å². The quantitative estimate of drug-likeness (QED) is 0.716. The molecular weight excluding hydrogens is 360 g/mol. The van der Waals surface area contributed by atoms with E-state index in [1.807, 2.05) is 42.5 Å².